The van der Waals surface area contributed by atoms with Crippen LogP contribution >= 0.6 is 0 Å². The average molecular weight is 462 g/mol. The van der Waals surface area contributed by atoms with E-state index in [1.54, 1.807) is 24.4 Å². The molecule has 0 saturated carbocycles. The molecule has 5 rings (SSSR count). The van der Waals surface area contributed by atoms with Gasteiger partial charge in [-0.15, -0.1) is 0 Å². The maximum absolute atomic E-state index is 14.6. The molecule has 2 heterocycles. The summed E-state index contributed by atoms with van der Waals surface area (Å²) in [6.45, 7) is 2.79. The predicted octanol–water partition coefficient (Wildman–Crippen LogP) is 4.79. The van der Waals surface area contributed by atoms with Crippen LogP contribution in [0.2, 0.25) is 0 Å². The normalized spacial score (nSPS) is 13.6. The molecule has 1 aromatic heterocycles. The smallest absolute Gasteiger partial charge is 0.255 e. The van der Waals surface area contributed by atoms with Crippen LogP contribution in [-0.2, 0) is 4.74 Å². The number of aromatic nitrogens is 2. The Hall–Kier alpha value is -4.11. The van der Waals surface area contributed by atoms with Gasteiger partial charge in [-0.05, 0) is 42.5 Å². The molecule has 1 amide bonds. The number of amides is 1. The molecule has 9 heteroatoms. The third kappa shape index (κ3) is 4.79. The molecule has 1 fully saturated rings. The van der Waals surface area contributed by atoms with Gasteiger partial charge < -0.3 is 19.7 Å². The summed E-state index contributed by atoms with van der Waals surface area (Å²) in [6.07, 6.45) is 1.74. The highest BCUT2D eigenvalue weighted by Gasteiger charge is 2.14. The van der Waals surface area contributed by atoms with E-state index in [2.05, 4.69) is 20.2 Å². The maximum Gasteiger partial charge on any atom is 0.255 e. The van der Waals surface area contributed by atoms with Crippen LogP contribution in [0.15, 0.2) is 66.9 Å². The van der Waals surface area contributed by atoms with Crippen molar-refractivity contribution in [1.82, 2.24) is 9.97 Å². The summed E-state index contributed by atoms with van der Waals surface area (Å²) in [5.74, 6) is -0.366. The summed E-state index contributed by atoms with van der Waals surface area (Å²) in [4.78, 5) is 23.5. The second-order valence-corrected chi connectivity index (χ2v) is 7.69. The van der Waals surface area contributed by atoms with Crippen LogP contribution in [0.5, 0.6) is 11.5 Å². The molecule has 0 unspecified atom stereocenters. The van der Waals surface area contributed by atoms with Crippen molar-refractivity contribution in [3.8, 4) is 11.5 Å². The number of hydrogen-bond donors (Lipinski definition) is 1. The standard InChI is InChI=1S/C25H20F2N4O3/c26-17-3-1-2-16(12-17)25(32)30-21-6-4-18(13-20(21)27)34-19-5-7-22-23(14-19)29-24(15-28-22)31-8-10-33-11-9-31/h1-7,12-15H,8-11H2,(H,30,32). The number of morpholine rings is 1. The Bertz CT molecular complexity index is 1360. The minimum atomic E-state index is -0.683. The number of hydrogen-bond acceptors (Lipinski definition) is 6. The zero-order valence-electron chi connectivity index (χ0n) is 18.0. The quantitative estimate of drug-likeness (QED) is 0.460. The Morgan fingerprint density at radius 3 is 2.56 bits per heavy atom. The predicted molar refractivity (Wildman–Crippen MR) is 123 cm³/mol. The van der Waals surface area contributed by atoms with Crippen molar-refractivity contribution in [2.45, 2.75) is 0 Å². The minimum Gasteiger partial charge on any atom is -0.457 e. The van der Waals surface area contributed by atoms with Crippen molar-refractivity contribution >= 4 is 28.4 Å². The Morgan fingerprint density at radius 2 is 1.76 bits per heavy atom. The number of halogens is 2. The molecule has 1 saturated heterocycles. The number of carbonyl (C=O) groups is 1. The van der Waals surface area contributed by atoms with E-state index >= 15 is 0 Å². The topological polar surface area (TPSA) is 76.6 Å². The van der Waals surface area contributed by atoms with Gasteiger partial charge in [0.05, 0.1) is 36.1 Å². The Balaban J connectivity index is 1.32. The zero-order chi connectivity index (χ0) is 23.5. The highest BCUT2D eigenvalue weighted by atomic mass is 19.1. The van der Waals surface area contributed by atoms with Crippen LogP contribution in [0.3, 0.4) is 0 Å². The summed E-state index contributed by atoms with van der Waals surface area (Å²) in [7, 11) is 0. The molecule has 4 aromatic rings. The van der Waals surface area contributed by atoms with E-state index in [-0.39, 0.29) is 17.0 Å². The second kappa shape index (κ2) is 9.40. The van der Waals surface area contributed by atoms with Gasteiger partial charge in [-0.3, -0.25) is 9.78 Å². The van der Waals surface area contributed by atoms with Crippen molar-refractivity contribution in [2.24, 2.45) is 0 Å². The second-order valence-electron chi connectivity index (χ2n) is 7.69. The van der Waals surface area contributed by atoms with E-state index in [4.69, 9.17) is 9.47 Å². The number of fused-ring (bicyclic) bond motifs is 1. The van der Waals surface area contributed by atoms with Crippen molar-refractivity contribution in [1.29, 1.82) is 0 Å². The highest BCUT2D eigenvalue weighted by molar-refractivity contribution is 6.04. The lowest BCUT2D eigenvalue weighted by molar-refractivity contribution is 0.102. The molecule has 0 atom stereocenters. The fourth-order valence-electron chi connectivity index (χ4n) is 3.61. The number of nitrogens with one attached hydrogen (secondary N) is 1. The van der Waals surface area contributed by atoms with Gasteiger partial charge in [-0.25, -0.2) is 13.8 Å². The maximum atomic E-state index is 14.6. The summed E-state index contributed by atoms with van der Waals surface area (Å²) in [6, 6.07) is 14.5. The van der Waals surface area contributed by atoms with Gasteiger partial charge in [-0.1, -0.05) is 6.07 Å². The molecule has 1 N–H and O–H groups in total. The van der Waals surface area contributed by atoms with Gasteiger partial charge in [0.15, 0.2) is 0 Å². The molecule has 0 radical (unpaired) electrons. The van der Waals surface area contributed by atoms with Gasteiger partial charge >= 0.3 is 0 Å². The number of carbonyl (C=O) groups excluding carboxylic acids is 1. The van der Waals surface area contributed by atoms with Gasteiger partial charge in [0, 0.05) is 30.8 Å². The molecule has 0 aliphatic carbocycles. The third-order valence-electron chi connectivity index (χ3n) is 5.35. The van der Waals surface area contributed by atoms with Gasteiger partial charge in [0.1, 0.15) is 29.0 Å². The summed E-state index contributed by atoms with van der Waals surface area (Å²) >= 11 is 0. The lowest BCUT2D eigenvalue weighted by atomic mass is 10.2. The molecule has 0 bridgehead atoms. The first-order chi connectivity index (χ1) is 16.5. The average Bonchev–Trinajstić information content (AvgIpc) is 2.86. The van der Waals surface area contributed by atoms with Crippen molar-refractivity contribution in [2.75, 3.05) is 36.5 Å². The number of nitrogens with zero attached hydrogens (tertiary/aromatic N) is 3. The lowest BCUT2D eigenvalue weighted by Crippen LogP contribution is -2.36. The van der Waals surface area contributed by atoms with E-state index in [0.717, 1.165) is 25.0 Å². The first kappa shape index (κ1) is 21.7. The van der Waals surface area contributed by atoms with E-state index in [1.807, 2.05) is 0 Å². The number of ether oxygens (including phenoxy) is 2. The third-order valence-corrected chi connectivity index (χ3v) is 5.35. The molecule has 1 aliphatic heterocycles. The Morgan fingerprint density at radius 1 is 0.971 bits per heavy atom. The SMILES string of the molecule is O=C(Nc1ccc(Oc2ccc3ncc(N4CCOCC4)nc3c2)cc1F)c1cccc(F)c1. The van der Waals surface area contributed by atoms with Crippen LogP contribution in [0.4, 0.5) is 20.3 Å². The zero-order valence-corrected chi connectivity index (χ0v) is 18.0. The molecule has 34 heavy (non-hydrogen) atoms. The van der Waals surface area contributed by atoms with Crippen LogP contribution in [0, 0.1) is 11.6 Å². The monoisotopic (exact) mass is 462 g/mol. The lowest BCUT2D eigenvalue weighted by Gasteiger charge is -2.27. The fourth-order valence-corrected chi connectivity index (χ4v) is 3.61. The summed E-state index contributed by atoms with van der Waals surface area (Å²) in [5.41, 5.74) is 1.42. The molecule has 172 valence electrons. The number of rotatable bonds is 5. The van der Waals surface area contributed by atoms with Gasteiger partial charge in [0.25, 0.3) is 5.91 Å². The first-order valence-electron chi connectivity index (χ1n) is 10.7. The minimum absolute atomic E-state index is 0.0406. The highest BCUT2D eigenvalue weighted by Crippen LogP contribution is 2.28. The molecule has 7 nitrogen and oxygen atoms in total. The van der Waals surface area contributed by atoms with Crippen LogP contribution in [-0.4, -0.2) is 42.2 Å². The molecule has 0 spiro atoms. The Labute approximate surface area is 194 Å². The number of anilines is 2. The molecule has 1 aliphatic rings. The largest absolute Gasteiger partial charge is 0.457 e. The molecular weight excluding hydrogens is 442 g/mol. The van der Waals surface area contributed by atoms with Crippen molar-refractivity contribution in [3.05, 3.63) is 84.1 Å². The van der Waals surface area contributed by atoms with E-state index in [0.29, 0.717) is 30.0 Å². The van der Waals surface area contributed by atoms with Gasteiger partial charge in [-0.2, -0.15) is 0 Å². The summed E-state index contributed by atoms with van der Waals surface area (Å²) in [5, 5.41) is 2.44. The van der Waals surface area contributed by atoms with Crippen molar-refractivity contribution in [3.63, 3.8) is 0 Å². The van der Waals surface area contributed by atoms with Crippen LogP contribution in [0.25, 0.3) is 11.0 Å². The van der Waals surface area contributed by atoms with E-state index < -0.39 is 17.5 Å². The first-order valence-corrected chi connectivity index (χ1v) is 10.7. The van der Waals surface area contributed by atoms with Crippen molar-refractivity contribution < 1.29 is 23.0 Å². The number of benzene rings is 3. The van der Waals surface area contributed by atoms with Crippen LogP contribution in [0.1, 0.15) is 10.4 Å². The fraction of sp³-hybridized carbons (Fsp3) is 0.160. The van der Waals surface area contributed by atoms with Gasteiger partial charge in [0.2, 0.25) is 0 Å². The van der Waals surface area contributed by atoms with E-state index in [1.165, 1.54) is 36.4 Å². The molecular formula is C25H20F2N4O3. The van der Waals surface area contributed by atoms with E-state index in [9.17, 15) is 13.6 Å². The van der Waals surface area contributed by atoms with Crippen LogP contribution < -0.4 is 15.0 Å². The summed E-state index contributed by atoms with van der Waals surface area (Å²) < 4.78 is 39.1. The Kier molecular flexibility index (Phi) is 6.01. The molecule has 3 aromatic carbocycles.